The zero-order valence-electron chi connectivity index (χ0n) is 21.9. The molecule has 0 unspecified atom stereocenters. The highest BCUT2D eigenvalue weighted by Gasteiger charge is 2.35. The van der Waals surface area contributed by atoms with Gasteiger partial charge in [0.2, 0.25) is 29.5 Å². The minimum absolute atomic E-state index is 0.0701. The van der Waals surface area contributed by atoms with Gasteiger partial charge in [0, 0.05) is 17.9 Å². The van der Waals surface area contributed by atoms with E-state index >= 15 is 0 Å². The van der Waals surface area contributed by atoms with Gasteiger partial charge in [0.05, 0.1) is 6.42 Å². The van der Waals surface area contributed by atoms with E-state index in [1.165, 1.54) is 41.5 Å². The standard InChI is InChI=1S/C23H32F3N5O7S2/c1-22(2)21(37)27-10-18(34)38-13-5-3-4-8-39-40-11-15(20(36)31-22)30-19(35)14(29-17(33)9-13)6-7-16(32)28-12-23(24,25)26/h3,5,13-15H,4,6-12H2,1-2H3,(H,27,37)(H,28,32)(H,29,33)(H,30,35)(H,31,36)/t13-,14-,15-/m1/s1. The Morgan fingerprint density at radius 2 is 1.85 bits per heavy atom. The number of carbonyl (C=O) groups is 6. The van der Waals surface area contributed by atoms with Crippen molar-refractivity contribution in [3.63, 3.8) is 0 Å². The minimum atomic E-state index is -4.63. The fraction of sp³-hybridized carbons (Fsp3) is 0.652. The fourth-order valence-electron chi connectivity index (χ4n) is 3.45. The molecule has 2 bridgehead atoms. The number of esters is 1. The van der Waals surface area contributed by atoms with Gasteiger partial charge in [0.25, 0.3) is 0 Å². The monoisotopic (exact) mass is 611 g/mol. The molecule has 12 nitrogen and oxygen atoms in total. The van der Waals surface area contributed by atoms with Crippen molar-refractivity contribution in [1.29, 1.82) is 0 Å². The van der Waals surface area contributed by atoms with E-state index in [-0.39, 0.29) is 12.2 Å². The summed E-state index contributed by atoms with van der Waals surface area (Å²) in [6.45, 7) is 0.704. The second-order valence-corrected chi connectivity index (χ2v) is 12.1. The molecule has 2 aliphatic rings. The van der Waals surface area contributed by atoms with Gasteiger partial charge in [0.1, 0.15) is 36.8 Å². The van der Waals surface area contributed by atoms with Gasteiger partial charge in [0.15, 0.2) is 0 Å². The Hall–Kier alpha value is -2.95. The van der Waals surface area contributed by atoms with Crippen LogP contribution in [-0.4, -0.2) is 90.0 Å². The third-order valence-corrected chi connectivity index (χ3v) is 7.98. The van der Waals surface area contributed by atoms with Crippen LogP contribution in [0.25, 0.3) is 0 Å². The predicted molar refractivity (Wildman–Crippen MR) is 141 cm³/mol. The van der Waals surface area contributed by atoms with Crippen molar-refractivity contribution in [2.45, 2.75) is 69.4 Å². The molecule has 3 atom stereocenters. The molecule has 0 saturated carbocycles. The molecule has 2 rings (SSSR count). The van der Waals surface area contributed by atoms with E-state index in [9.17, 15) is 41.9 Å². The summed E-state index contributed by atoms with van der Waals surface area (Å²) in [7, 11) is 2.68. The van der Waals surface area contributed by atoms with Gasteiger partial charge in [-0.15, -0.1) is 0 Å². The van der Waals surface area contributed by atoms with Gasteiger partial charge in [-0.05, 0) is 32.8 Å². The Morgan fingerprint density at radius 1 is 1.12 bits per heavy atom. The molecule has 0 radical (unpaired) electrons. The molecule has 0 aromatic carbocycles. The number of amides is 5. The van der Waals surface area contributed by atoms with Crippen LogP contribution in [0, 0.1) is 0 Å². The van der Waals surface area contributed by atoms with Gasteiger partial charge in [-0.3, -0.25) is 28.8 Å². The number of hydrogen-bond acceptors (Lipinski definition) is 9. The smallest absolute Gasteiger partial charge is 0.405 e. The molecule has 1 fully saturated rings. The number of alkyl halides is 3. The lowest BCUT2D eigenvalue weighted by Crippen LogP contribution is -2.61. The average molecular weight is 612 g/mol. The van der Waals surface area contributed by atoms with Crippen molar-refractivity contribution in [2.24, 2.45) is 0 Å². The third-order valence-electron chi connectivity index (χ3n) is 5.53. The normalized spacial score (nSPS) is 25.4. The molecule has 0 aromatic heterocycles. The minimum Gasteiger partial charge on any atom is -0.456 e. The van der Waals surface area contributed by atoms with E-state index < -0.39 is 91.3 Å². The quantitative estimate of drug-likeness (QED) is 0.168. The van der Waals surface area contributed by atoms with Gasteiger partial charge in [-0.2, -0.15) is 13.2 Å². The van der Waals surface area contributed by atoms with Crippen LogP contribution in [0.4, 0.5) is 13.2 Å². The molecule has 5 amide bonds. The van der Waals surface area contributed by atoms with Crippen LogP contribution in [0.5, 0.6) is 0 Å². The zero-order chi connectivity index (χ0) is 29.9. The van der Waals surface area contributed by atoms with E-state index in [4.69, 9.17) is 4.74 Å². The van der Waals surface area contributed by atoms with Crippen molar-refractivity contribution in [3.05, 3.63) is 12.2 Å². The third kappa shape index (κ3) is 12.1. The maximum Gasteiger partial charge on any atom is 0.405 e. The summed E-state index contributed by atoms with van der Waals surface area (Å²) >= 11 is 0. The average Bonchev–Trinajstić information content (AvgIpc) is 2.85. The summed E-state index contributed by atoms with van der Waals surface area (Å²) in [5, 5.41) is 11.5. The molecule has 1 saturated heterocycles. The molecule has 0 spiro atoms. The Kier molecular flexibility index (Phi) is 12.6. The molecule has 0 aromatic rings. The Bertz CT molecular complexity index is 1010. The summed E-state index contributed by atoms with van der Waals surface area (Å²) in [4.78, 5) is 76.2. The number of carbonyl (C=O) groups excluding carboxylic acids is 6. The van der Waals surface area contributed by atoms with Crippen LogP contribution >= 0.6 is 21.6 Å². The van der Waals surface area contributed by atoms with Gasteiger partial charge >= 0.3 is 12.1 Å². The number of nitrogens with one attached hydrogen (secondary N) is 5. The lowest BCUT2D eigenvalue weighted by Gasteiger charge is -2.29. The van der Waals surface area contributed by atoms with Crippen molar-refractivity contribution < 1.29 is 46.7 Å². The van der Waals surface area contributed by atoms with Crippen LogP contribution < -0.4 is 26.6 Å². The molecule has 2 aliphatic heterocycles. The number of halogens is 3. The van der Waals surface area contributed by atoms with E-state index in [0.29, 0.717) is 12.2 Å². The Morgan fingerprint density at radius 3 is 2.55 bits per heavy atom. The highest BCUT2D eigenvalue weighted by atomic mass is 33.1. The van der Waals surface area contributed by atoms with Crippen LogP contribution in [-0.2, 0) is 33.5 Å². The summed E-state index contributed by atoms with van der Waals surface area (Å²) in [6.07, 6.45) is -3.29. The van der Waals surface area contributed by atoms with Gasteiger partial charge in [-0.1, -0.05) is 27.7 Å². The first kappa shape index (κ1) is 33.3. The summed E-state index contributed by atoms with van der Waals surface area (Å²) in [5.41, 5.74) is -1.49. The molecule has 40 heavy (non-hydrogen) atoms. The van der Waals surface area contributed by atoms with E-state index in [1.807, 2.05) is 0 Å². The van der Waals surface area contributed by atoms with Crippen molar-refractivity contribution in [3.8, 4) is 0 Å². The highest BCUT2D eigenvalue weighted by Crippen LogP contribution is 2.24. The molecule has 5 N–H and O–H groups in total. The predicted octanol–water partition coefficient (Wildman–Crippen LogP) is 0.0825. The lowest BCUT2D eigenvalue weighted by atomic mass is 10.0. The van der Waals surface area contributed by atoms with Gasteiger partial charge in [-0.25, -0.2) is 0 Å². The number of fused-ring (bicyclic) bond motifs is 7. The zero-order valence-corrected chi connectivity index (χ0v) is 23.5. The summed E-state index contributed by atoms with van der Waals surface area (Å²) in [6, 6.07) is -2.59. The first-order valence-corrected chi connectivity index (χ1v) is 14.8. The van der Waals surface area contributed by atoms with Crippen LogP contribution in [0.3, 0.4) is 0 Å². The van der Waals surface area contributed by atoms with E-state index in [2.05, 4.69) is 21.3 Å². The van der Waals surface area contributed by atoms with Crippen LogP contribution in [0.2, 0.25) is 0 Å². The summed E-state index contributed by atoms with van der Waals surface area (Å²) in [5.74, 6) is -4.24. The first-order chi connectivity index (χ1) is 18.7. The number of rotatable bonds is 4. The SMILES string of the molecule is CC1(C)NC(=O)[C@H]2CSSCCC=C[C@H](CC(=O)N[C@H](CCC(=O)NCC(F)(F)F)C(=O)N2)OC(=O)CNC1=O. The van der Waals surface area contributed by atoms with Crippen LogP contribution in [0.1, 0.15) is 39.5 Å². The number of allylic oxidation sites excluding steroid dienone is 1. The maximum atomic E-state index is 13.2. The molecule has 17 heteroatoms. The Labute approximate surface area is 236 Å². The van der Waals surface area contributed by atoms with E-state index in [1.54, 1.807) is 11.4 Å². The topological polar surface area (TPSA) is 172 Å². The molecule has 224 valence electrons. The highest BCUT2D eigenvalue weighted by molar-refractivity contribution is 8.76. The lowest BCUT2D eigenvalue weighted by molar-refractivity contribution is -0.149. The van der Waals surface area contributed by atoms with E-state index in [0.717, 1.165) is 0 Å². The largest absolute Gasteiger partial charge is 0.456 e. The summed E-state index contributed by atoms with van der Waals surface area (Å²) < 4.78 is 42.7. The number of hydrogen-bond donors (Lipinski definition) is 5. The second kappa shape index (κ2) is 15.2. The molecular formula is C23H32F3N5O7S2. The van der Waals surface area contributed by atoms with Crippen molar-refractivity contribution in [2.75, 3.05) is 24.6 Å². The fourth-order valence-corrected chi connectivity index (χ4v) is 5.60. The Balaban J connectivity index is 2.37. The molecule has 2 heterocycles. The molecular weight excluding hydrogens is 579 g/mol. The molecule has 0 aliphatic carbocycles. The first-order valence-electron chi connectivity index (χ1n) is 12.3. The van der Waals surface area contributed by atoms with Crippen molar-refractivity contribution >= 4 is 57.1 Å². The maximum absolute atomic E-state index is 13.2. The second-order valence-electron chi connectivity index (χ2n) is 9.46. The van der Waals surface area contributed by atoms with Crippen molar-refractivity contribution in [1.82, 2.24) is 26.6 Å². The van der Waals surface area contributed by atoms with Gasteiger partial charge < -0.3 is 31.3 Å². The van der Waals surface area contributed by atoms with Crippen LogP contribution in [0.15, 0.2) is 12.2 Å². The number of ether oxygens (including phenoxy) is 1.